The van der Waals surface area contributed by atoms with Gasteiger partial charge in [0.25, 0.3) is 0 Å². The molecule has 1 N–H and O–H groups in total. The van der Waals surface area contributed by atoms with E-state index in [2.05, 4.69) is 31.0 Å². The number of halogens is 1. The molecular formula is C16H16ClN7O2. The van der Waals surface area contributed by atoms with Crippen LogP contribution in [0.15, 0.2) is 28.8 Å². The summed E-state index contributed by atoms with van der Waals surface area (Å²) in [5, 5.41) is 18.9. The molecule has 10 heteroatoms. The molecule has 1 aromatic carbocycles. The number of rotatable bonds is 4. The molecule has 0 radical (unpaired) electrons. The third kappa shape index (κ3) is 3.30. The van der Waals surface area contributed by atoms with E-state index in [4.69, 9.17) is 16.1 Å². The second kappa shape index (κ2) is 7.20. The summed E-state index contributed by atoms with van der Waals surface area (Å²) in [5.74, 6) is 0.765. The van der Waals surface area contributed by atoms with Crippen LogP contribution in [0.5, 0.6) is 0 Å². The van der Waals surface area contributed by atoms with Gasteiger partial charge in [-0.1, -0.05) is 35.3 Å². The van der Waals surface area contributed by atoms with Gasteiger partial charge in [0.15, 0.2) is 5.82 Å². The maximum absolute atomic E-state index is 12.6. The first kappa shape index (κ1) is 16.6. The number of carbonyl (C=O) groups is 1. The van der Waals surface area contributed by atoms with E-state index in [1.54, 1.807) is 16.8 Å². The maximum Gasteiger partial charge on any atom is 0.246 e. The van der Waals surface area contributed by atoms with Gasteiger partial charge < -0.3 is 9.84 Å². The smallest absolute Gasteiger partial charge is 0.246 e. The third-order valence-electron chi connectivity index (χ3n) is 4.30. The molecule has 1 amide bonds. The Bertz CT molecular complexity index is 923. The molecule has 0 bridgehead atoms. The van der Waals surface area contributed by atoms with Crippen LogP contribution in [0.2, 0.25) is 5.02 Å². The van der Waals surface area contributed by atoms with Crippen LogP contribution in [0.4, 0.5) is 0 Å². The van der Waals surface area contributed by atoms with Gasteiger partial charge in [0, 0.05) is 12.1 Å². The first-order valence-corrected chi connectivity index (χ1v) is 8.71. The number of aryl methyl sites for hydroxylation is 1. The Morgan fingerprint density at radius 2 is 2.23 bits per heavy atom. The molecule has 0 aliphatic carbocycles. The first-order chi connectivity index (χ1) is 12.7. The number of benzene rings is 1. The van der Waals surface area contributed by atoms with E-state index in [9.17, 15) is 4.79 Å². The molecule has 1 atom stereocenters. The summed E-state index contributed by atoms with van der Waals surface area (Å²) in [5.41, 5.74) is 0.679. The van der Waals surface area contributed by atoms with E-state index >= 15 is 0 Å². The second-order valence-electron chi connectivity index (χ2n) is 6.02. The zero-order chi connectivity index (χ0) is 17.9. The maximum atomic E-state index is 12.6. The highest BCUT2D eigenvalue weighted by atomic mass is 35.5. The van der Waals surface area contributed by atoms with Crippen LogP contribution < -0.4 is 5.32 Å². The Balaban J connectivity index is 1.44. The van der Waals surface area contributed by atoms with Crippen LogP contribution in [-0.4, -0.2) is 36.3 Å². The topological polar surface area (TPSA) is 112 Å². The van der Waals surface area contributed by atoms with Gasteiger partial charge in [-0.05, 0) is 35.4 Å². The number of hydrogen-bond donors (Lipinski definition) is 1. The summed E-state index contributed by atoms with van der Waals surface area (Å²) in [6, 6.07) is 7.23. The van der Waals surface area contributed by atoms with Crippen molar-refractivity contribution in [2.24, 2.45) is 0 Å². The van der Waals surface area contributed by atoms with Crippen molar-refractivity contribution in [2.45, 2.75) is 38.3 Å². The van der Waals surface area contributed by atoms with Crippen molar-refractivity contribution in [1.29, 1.82) is 0 Å². The van der Waals surface area contributed by atoms with Gasteiger partial charge in [0.2, 0.25) is 17.6 Å². The molecule has 9 nitrogen and oxygen atoms in total. The molecule has 1 unspecified atom stereocenters. The van der Waals surface area contributed by atoms with Gasteiger partial charge >= 0.3 is 0 Å². The Hall–Kier alpha value is -2.81. The predicted octanol–water partition coefficient (Wildman–Crippen LogP) is 1.96. The van der Waals surface area contributed by atoms with Crippen LogP contribution >= 0.6 is 11.6 Å². The highest BCUT2D eigenvalue weighted by Gasteiger charge is 2.28. The molecule has 3 heterocycles. The first-order valence-electron chi connectivity index (χ1n) is 8.33. The lowest BCUT2D eigenvalue weighted by Crippen LogP contribution is -2.30. The van der Waals surface area contributed by atoms with Gasteiger partial charge in [0.1, 0.15) is 0 Å². The minimum atomic E-state index is -0.376. The summed E-state index contributed by atoms with van der Waals surface area (Å²) < 4.78 is 6.90. The zero-order valence-corrected chi connectivity index (χ0v) is 14.6. The van der Waals surface area contributed by atoms with E-state index in [1.807, 2.05) is 12.1 Å². The van der Waals surface area contributed by atoms with E-state index in [-0.39, 0.29) is 18.4 Å². The van der Waals surface area contributed by atoms with Crippen molar-refractivity contribution in [3.8, 4) is 11.4 Å². The van der Waals surface area contributed by atoms with Crippen molar-refractivity contribution in [3.05, 3.63) is 41.0 Å². The number of fused-ring (bicyclic) bond motifs is 1. The number of hydrogen-bond acceptors (Lipinski definition) is 7. The molecule has 4 rings (SSSR count). The van der Waals surface area contributed by atoms with Gasteiger partial charge in [-0.3, -0.25) is 4.79 Å². The molecule has 1 aliphatic heterocycles. The number of aromatic nitrogens is 6. The minimum Gasteiger partial charge on any atom is -0.346 e. The number of tetrazole rings is 1. The number of nitrogens with zero attached hydrogens (tertiary/aromatic N) is 6. The van der Waals surface area contributed by atoms with Crippen LogP contribution in [0, 0.1) is 0 Å². The standard InChI is InChI=1S/C16H16ClN7O2/c17-12-7-2-1-5-10(12)14-19-13(26-21-14)9-18-16(25)11-6-3-4-8-24-15(11)20-22-23-24/h1-2,5,7,11H,3-4,6,8-9H2,(H,18,25). The lowest BCUT2D eigenvalue weighted by molar-refractivity contribution is -0.123. The van der Waals surface area contributed by atoms with Gasteiger partial charge in [-0.25, -0.2) is 4.68 Å². The molecule has 0 saturated heterocycles. The highest BCUT2D eigenvalue weighted by molar-refractivity contribution is 6.33. The number of carbonyl (C=O) groups excluding carboxylic acids is 1. The van der Waals surface area contributed by atoms with Crippen molar-refractivity contribution in [2.75, 3.05) is 0 Å². The summed E-state index contributed by atoms with van der Waals surface area (Å²) in [4.78, 5) is 16.9. The number of nitrogens with one attached hydrogen (secondary N) is 1. The van der Waals surface area contributed by atoms with E-state index < -0.39 is 0 Å². The lowest BCUT2D eigenvalue weighted by atomic mass is 10.0. The molecule has 3 aromatic rings. The second-order valence-corrected chi connectivity index (χ2v) is 6.43. The summed E-state index contributed by atoms with van der Waals surface area (Å²) in [6.45, 7) is 0.866. The summed E-state index contributed by atoms with van der Waals surface area (Å²) in [6.07, 6.45) is 2.59. The van der Waals surface area contributed by atoms with Crippen LogP contribution in [-0.2, 0) is 17.9 Å². The molecule has 134 valence electrons. The predicted molar refractivity (Wildman–Crippen MR) is 91.0 cm³/mol. The lowest BCUT2D eigenvalue weighted by Gasteiger charge is -2.12. The molecular weight excluding hydrogens is 358 g/mol. The third-order valence-corrected chi connectivity index (χ3v) is 4.63. The van der Waals surface area contributed by atoms with Gasteiger partial charge in [-0.2, -0.15) is 4.98 Å². The summed E-state index contributed by atoms with van der Waals surface area (Å²) >= 11 is 6.14. The Morgan fingerprint density at radius 1 is 1.35 bits per heavy atom. The van der Waals surface area contributed by atoms with Crippen LogP contribution in [0.1, 0.15) is 36.9 Å². The SMILES string of the molecule is O=C(NCc1nc(-c2ccccc2Cl)no1)C1CCCCn2nnnc21. The van der Waals surface area contributed by atoms with E-state index in [0.29, 0.717) is 34.5 Å². The monoisotopic (exact) mass is 373 g/mol. The van der Waals surface area contributed by atoms with Crippen molar-refractivity contribution in [3.63, 3.8) is 0 Å². The Kier molecular flexibility index (Phi) is 4.61. The number of amides is 1. The molecule has 1 aliphatic rings. The minimum absolute atomic E-state index is 0.133. The largest absolute Gasteiger partial charge is 0.346 e. The molecule has 0 fully saturated rings. The van der Waals surface area contributed by atoms with E-state index in [0.717, 1.165) is 19.4 Å². The van der Waals surface area contributed by atoms with E-state index in [1.165, 1.54) is 0 Å². The average molecular weight is 374 g/mol. The van der Waals surface area contributed by atoms with Gasteiger partial charge in [0.05, 0.1) is 17.5 Å². The normalized spacial score (nSPS) is 16.7. The Labute approximate surface area is 153 Å². The Morgan fingerprint density at radius 3 is 3.12 bits per heavy atom. The van der Waals surface area contributed by atoms with Crippen molar-refractivity contribution >= 4 is 17.5 Å². The van der Waals surface area contributed by atoms with Crippen LogP contribution in [0.3, 0.4) is 0 Å². The summed E-state index contributed by atoms with van der Waals surface area (Å²) in [7, 11) is 0. The van der Waals surface area contributed by atoms with Gasteiger partial charge in [-0.15, -0.1) is 5.10 Å². The average Bonchev–Trinajstić information content (AvgIpc) is 3.26. The fraction of sp³-hybridized carbons (Fsp3) is 0.375. The van der Waals surface area contributed by atoms with Crippen LogP contribution in [0.25, 0.3) is 11.4 Å². The highest BCUT2D eigenvalue weighted by Crippen LogP contribution is 2.26. The fourth-order valence-electron chi connectivity index (χ4n) is 2.97. The molecule has 2 aromatic heterocycles. The molecule has 0 saturated carbocycles. The van der Waals surface area contributed by atoms with Crippen molar-refractivity contribution in [1.82, 2.24) is 35.7 Å². The zero-order valence-electron chi connectivity index (χ0n) is 13.8. The fourth-order valence-corrected chi connectivity index (χ4v) is 3.19. The molecule has 26 heavy (non-hydrogen) atoms. The van der Waals surface area contributed by atoms with Crippen molar-refractivity contribution < 1.29 is 9.32 Å². The quantitative estimate of drug-likeness (QED) is 0.743. The molecule has 0 spiro atoms.